The third kappa shape index (κ3) is 3.07. The van der Waals surface area contributed by atoms with E-state index in [-0.39, 0.29) is 18.0 Å². The molecule has 0 spiro atoms. The first-order valence-electron chi connectivity index (χ1n) is 6.87. The van der Waals surface area contributed by atoms with Gasteiger partial charge in [0.2, 0.25) is 5.91 Å². The van der Waals surface area contributed by atoms with Crippen molar-refractivity contribution in [3.8, 4) is 5.75 Å². The molecule has 1 saturated heterocycles. The second-order valence-electron chi connectivity index (χ2n) is 5.07. The summed E-state index contributed by atoms with van der Waals surface area (Å²) in [5, 5.41) is 0. The molecular weight excluding hydrogens is 240 g/mol. The zero-order chi connectivity index (χ0) is 13.8. The Balaban J connectivity index is 2.13. The lowest BCUT2D eigenvalue weighted by Gasteiger charge is -2.37. The molecule has 104 valence electrons. The van der Waals surface area contributed by atoms with Gasteiger partial charge in [0.05, 0.1) is 12.6 Å². The molecule has 1 aromatic rings. The van der Waals surface area contributed by atoms with Gasteiger partial charge in [-0.25, -0.2) is 0 Å². The van der Waals surface area contributed by atoms with Gasteiger partial charge in [0.25, 0.3) is 0 Å². The van der Waals surface area contributed by atoms with Crippen molar-refractivity contribution in [1.29, 1.82) is 0 Å². The summed E-state index contributed by atoms with van der Waals surface area (Å²) in [6, 6.07) is 7.89. The monoisotopic (exact) mass is 262 g/mol. The van der Waals surface area contributed by atoms with Gasteiger partial charge in [0.1, 0.15) is 5.75 Å². The standard InChI is InChI=1S/C15H22N2O2/c1-3-10-19-12-6-4-11(5-7-12)15-13(16)8-9-14(18)17(15)2/h4-7,13,15H,3,8-10,16H2,1-2H3. The number of piperidine rings is 1. The summed E-state index contributed by atoms with van der Waals surface area (Å²) in [4.78, 5) is 13.5. The Morgan fingerprint density at radius 1 is 1.37 bits per heavy atom. The number of hydrogen-bond donors (Lipinski definition) is 1. The largest absolute Gasteiger partial charge is 0.494 e. The van der Waals surface area contributed by atoms with Crippen LogP contribution in [-0.2, 0) is 4.79 Å². The van der Waals surface area contributed by atoms with Gasteiger partial charge in [-0.2, -0.15) is 0 Å². The molecule has 1 aromatic carbocycles. The first-order valence-corrected chi connectivity index (χ1v) is 6.87. The van der Waals surface area contributed by atoms with Crippen molar-refractivity contribution >= 4 is 5.91 Å². The zero-order valence-corrected chi connectivity index (χ0v) is 11.6. The van der Waals surface area contributed by atoms with Crippen molar-refractivity contribution in [2.24, 2.45) is 5.73 Å². The third-order valence-electron chi connectivity index (χ3n) is 3.60. The highest BCUT2D eigenvalue weighted by molar-refractivity contribution is 5.77. The molecule has 2 unspecified atom stereocenters. The number of carbonyl (C=O) groups is 1. The van der Waals surface area contributed by atoms with E-state index in [9.17, 15) is 4.79 Å². The molecule has 0 aromatic heterocycles. The molecule has 4 nitrogen and oxygen atoms in total. The zero-order valence-electron chi connectivity index (χ0n) is 11.6. The Morgan fingerprint density at radius 2 is 2.05 bits per heavy atom. The Kier molecular flexibility index (Phi) is 4.43. The van der Waals surface area contributed by atoms with E-state index in [2.05, 4.69) is 6.92 Å². The van der Waals surface area contributed by atoms with Gasteiger partial charge >= 0.3 is 0 Å². The minimum atomic E-state index is -0.0264. The minimum absolute atomic E-state index is 0.00473. The van der Waals surface area contributed by atoms with Gasteiger partial charge in [0.15, 0.2) is 0 Å². The molecule has 1 fully saturated rings. The lowest BCUT2D eigenvalue weighted by atomic mass is 9.91. The fourth-order valence-corrected chi connectivity index (χ4v) is 2.52. The minimum Gasteiger partial charge on any atom is -0.494 e. The highest BCUT2D eigenvalue weighted by atomic mass is 16.5. The number of ether oxygens (including phenoxy) is 1. The normalized spacial score (nSPS) is 23.5. The number of likely N-dealkylation sites (N-methyl/N-ethyl adjacent to an activating group) is 1. The molecule has 4 heteroatoms. The highest BCUT2D eigenvalue weighted by Gasteiger charge is 2.32. The lowest BCUT2D eigenvalue weighted by molar-refractivity contribution is -0.135. The van der Waals surface area contributed by atoms with Crippen LogP contribution in [0.25, 0.3) is 0 Å². The molecule has 0 bridgehead atoms. The first-order chi connectivity index (χ1) is 9.13. The maximum atomic E-state index is 11.8. The highest BCUT2D eigenvalue weighted by Crippen LogP contribution is 2.30. The fourth-order valence-electron chi connectivity index (χ4n) is 2.52. The maximum absolute atomic E-state index is 11.8. The SMILES string of the molecule is CCCOc1ccc(C2C(N)CCC(=O)N2C)cc1. The summed E-state index contributed by atoms with van der Waals surface area (Å²) in [5.74, 6) is 1.03. The number of hydrogen-bond acceptors (Lipinski definition) is 3. The number of likely N-dealkylation sites (tertiary alicyclic amines) is 1. The predicted octanol–water partition coefficient (Wildman–Crippen LogP) is 2.10. The molecule has 1 heterocycles. The topological polar surface area (TPSA) is 55.6 Å². The van der Waals surface area contributed by atoms with Gasteiger partial charge < -0.3 is 15.4 Å². The number of benzene rings is 1. The van der Waals surface area contributed by atoms with E-state index in [0.717, 1.165) is 30.8 Å². The summed E-state index contributed by atoms with van der Waals surface area (Å²) in [5.41, 5.74) is 7.23. The second kappa shape index (κ2) is 6.06. The van der Waals surface area contributed by atoms with E-state index in [1.165, 1.54) is 0 Å². The van der Waals surface area contributed by atoms with Crippen LogP contribution in [0.5, 0.6) is 5.75 Å². The van der Waals surface area contributed by atoms with Crippen molar-refractivity contribution in [2.75, 3.05) is 13.7 Å². The second-order valence-corrected chi connectivity index (χ2v) is 5.07. The van der Waals surface area contributed by atoms with Crippen LogP contribution in [0, 0.1) is 0 Å². The Labute approximate surface area is 114 Å². The molecule has 2 atom stereocenters. The van der Waals surface area contributed by atoms with Crippen LogP contribution in [-0.4, -0.2) is 30.5 Å². The molecule has 2 rings (SSSR count). The van der Waals surface area contributed by atoms with Gasteiger partial charge in [-0.1, -0.05) is 19.1 Å². The van der Waals surface area contributed by atoms with Crippen molar-refractivity contribution in [3.05, 3.63) is 29.8 Å². The fraction of sp³-hybridized carbons (Fsp3) is 0.533. The van der Waals surface area contributed by atoms with Crippen LogP contribution in [0.2, 0.25) is 0 Å². The summed E-state index contributed by atoms with van der Waals surface area (Å²) in [6.45, 7) is 2.80. The summed E-state index contributed by atoms with van der Waals surface area (Å²) < 4.78 is 5.56. The lowest BCUT2D eigenvalue weighted by Crippen LogP contribution is -2.46. The molecule has 2 N–H and O–H groups in total. The first kappa shape index (κ1) is 13.9. The number of rotatable bonds is 4. The average molecular weight is 262 g/mol. The van der Waals surface area contributed by atoms with Gasteiger partial charge in [-0.3, -0.25) is 4.79 Å². The maximum Gasteiger partial charge on any atom is 0.222 e. The van der Waals surface area contributed by atoms with Crippen molar-refractivity contribution in [3.63, 3.8) is 0 Å². The number of amides is 1. The van der Waals surface area contributed by atoms with Crippen LogP contribution < -0.4 is 10.5 Å². The van der Waals surface area contributed by atoms with E-state index in [1.807, 2.05) is 31.3 Å². The molecule has 0 aliphatic carbocycles. The average Bonchev–Trinajstić information content (AvgIpc) is 2.42. The van der Waals surface area contributed by atoms with E-state index in [1.54, 1.807) is 4.90 Å². The van der Waals surface area contributed by atoms with E-state index >= 15 is 0 Å². The Morgan fingerprint density at radius 3 is 2.68 bits per heavy atom. The van der Waals surface area contributed by atoms with Crippen molar-refractivity contribution < 1.29 is 9.53 Å². The molecule has 0 radical (unpaired) electrons. The van der Waals surface area contributed by atoms with Gasteiger partial charge in [0, 0.05) is 19.5 Å². The molecule has 1 aliphatic heterocycles. The van der Waals surface area contributed by atoms with Crippen LogP contribution in [0.1, 0.15) is 37.8 Å². The van der Waals surface area contributed by atoms with Gasteiger partial charge in [-0.15, -0.1) is 0 Å². The number of nitrogens with two attached hydrogens (primary N) is 1. The number of carbonyl (C=O) groups excluding carboxylic acids is 1. The summed E-state index contributed by atoms with van der Waals surface area (Å²) in [6.07, 6.45) is 2.29. The van der Waals surface area contributed by atoms with Gasteiger partial charge in [-0.05, 0) is 30.5 Å². The Hall–Kier alpha value is -1.55. The van der Waals surface area contributed by atoms with Crippen molar-refractivity contribution in [1.82, 2.24) is 4.90 Å². The van der Waals surface area contributed by atoms with E-state index in [0.29, 0.717) is 6.42 Å². The van der Waals surface area contributed by atoms with Crippen LogP contribution in [0.4, 0.5) is 0 Å². The summed E-state index contributed by atoms with van der Waals surface area (Å²) >= 11 is 0. The molecule has 1 amide bonds. The van der Waals surface area contributed by atoms with Crippen LogP contribution in [0.3, 0.4) is 0 Å². The van der Waals surface area contributed by atoms with Crippen molar-refractivity contribution in [2.45, 2.75) is 38.3 Å². The predicted molar refractivity (Wildman–Crippen MR) is 74.9 cm³/mol. The third-order valence-corrected chi connectivity index (χ3v) is 3.60. The quantitative estimate of drug-likeness (QED) is 0.904. The van der Waals surface area contributed by atoms with E-state index in [4.69, 9.17) is 10.5 Å². The smallest absolute Gasteiger partial charge is 0.222 e. The van der Waals surface area contributed by atoms with Crippen LogP contribution >= 0.6 is 0 Å². The molecular formula is C15H22N2O2. The molecule has 0 saturated carbocycles. The molecule has 19 heavy (non-hydrogen) atoms. The van der Waals surface area contributed by atoms with Crippen LogP contribution in [0.15, 0.2) is 24.3 Å². The summed E-state index contributed by atoms with van der Waals surface area (Å²) in [7, 11) is 1.83. The number of nitrogens with zero attached hydrogens (tertiary/aromatic N) is 1. The Bertz CT molecular complexity index is 430. The van der Waals surface area contributed by atoms with E-state index < -0.39 is 0 Å². The molecule has 1 aliphatic rings.